The zero-order valence-electron chi connectivity index (χ0n) is 13.2. The summed E-state index contributed by atoms with van der Waals surface area (Å²) >= 11 is 6.04. The number of benzene rings is 1. The monoisotopic (exact) mass is 362 g/mol. The van der Waals surface area contributed by atoms with E-state index in [-0.39, 0.29) is 30.3 Å². The first-order chi connectivity index (χ1) is 10.6. The van der Waals surface area contributed by atoms with Gasteiger partial charge in [-0.3, -0.25) is 4.79 Å². The second kappa shape index (κ2) is 9.98. The van der Waals surface area contributed by atoms with E-state index in [0.717, 1.165) is 12.8 Å². The number of para-hydroxylation sites is 1. The lowest BCUT2D eigenvalue weighted by molar-refractivity contribution is -0.124. The standard InChI is InChI=1S/C16H23ClN2O3.ClH/c1-11(22-14-5-3-2-4-13(14)17)10-19-16(20)15(18)12-6-8-21-9-7-12;/h2-5,11-12,15H,6-10,18H2,1H3,(H,19,20);1H. The number of ether oxygens (including phenoxy) is 2. The fourth-order valence-electron chi connectivity index (χ4n) is 2.45. The smallest absolute Gasteiger partial charge is 0.237 e. The summed E-state index contributed by atoms with van der Waals surface area (Å²) in [5.74, 6) is 0.662. The van der Waals surface area contributed by atoms with Crippen LogP contribution in [0.5, 0.6) is 5.75 Å². The van der Waals surface area contributed by atoms with Crippen LogP contribution in [0.1, 0.15) is 19.8 Å². The summed E-state index contributed by atoms with van der Waals surface area (Å²) in [4.78, 5) is 12.1. The molecule has 1 saturated heterocycles. The van der Waals surface area contributed by atoms with Crippen molar-refractivity contribution in [1.82, 2.24) is 5.32 Å². The predicted molar refractivity (Wildman–Crippen MR) is 93.3 cm³/mol. The first kappa shape index (κ1) is 20.0. The van der Waals surface area contributed by atoms with Gasteiger partial charge >= 0.3 is 0 Å². The van der Waals surface area contributed by atoms with Crippen molar-refractivity contribution in [3.05, 3.63) is 29.3 Å². The number of nitrogens with two attached hydrogens (primary N) is 1. The zero-order valence-corrected chi connectivity index (χ0v) is 14.7. The summed E-state index contributed by atoms with van der Waals surface area (Å²) in [7, 11) is 0. The Kier molecular flexibility index (Phi) is 8.69. The average molecular weight is 363 g/mol. The van der Waals surface area contributed by atoms with E-state index >= 15 is 0 Å². The number of nitrogens with one attached hydrogen (secondary N) is 1. The molecule has 2 rings (SSSR count). The molecule has 1 heterocycles. The highest BCUT2D eigenvalue weighted by Gasteiger charge is 2.26. The lowest BCUT2D eigenvalue weighted by Gasteiger charge is -2.27. The van der Waals surface area contributed by atoms with E-state index in [4.69, 9.17) is 26.8 Å². The first-order valence-electron chi connectivity index (χ1n) is 7.60. The van der Waals surface area contributed by atoms with Crippen LogP contribution in [0.15, 0.2) is 24.3 Å². The van der Waals surface area contributed by atoms with Gasteiger partial charge in [0.05, 0.1) is 17.6 Å². The van der Waals surface area contributed by atoms with Crippen molar-refractivity contribution in [2.24, 2.45) is 11.7 Å². The van der Waals surface area contributed by atoms with E-state index in [9.17, 15) is 4.79 Å². The number of carbonyl (C=O) groups is 1. The van der Waals surface area contributed by atoms with Gasteiger partial charge in [0.2, 0.25) is 5.91 Å². The molecule has 1 amide bonds. The van der Waals surface area contributed by atoms with E-state index in [2.05, 4.69) is 5.32 Å². The van der Waals surface area contributed by atoms with Gasteiger partial charge in [-0.2, -0.15) is 0 Å². The third-order valence-corrected chi connectivity index (χ3v) is 4.12. The molecule has 1 aromatic rings. The molecule has 0 bridgehead atoms. The Morgan fingerprint density at radius 3 is 2.74 bits per heavy atom. The van der Waals surface area contributed by atoms with Crippen LogP contribution in [0.3, 0.4) is 0 Å². The molecule has 0 aliphatic carbocycles. The molecule has 1 aliphatic heterocycles. The second-order valence-corrected chi connectivity index (χ2v) is 5.99. The van der Waals surface area contributed by atoms with Crippen molar-refractivity contribution in [3.8, 4) is 5.75 Å². The molecule has 7 heteroatoms. The predicted octanol–water partition coefficient (Wildman–Crippen LogP) is 2.40. The minimum atomic E-state index is -0.489. The first-order valence-corrected chi connectivity index (χ1v) is 7.98. The normalized spacial score (nSPS) is 17.7. The molecule has 0 aromatic heterocycles. The molecule has 2 unspecified atom stereocenters. The molecule has 130 valence electrons. The van der Waals surface area contributed by atoms with E-state index < -0.39 is 6.04 Å². The summed E-state index contributed by atoms with van der Waals surface area (Å²) in [6.45, 7) is 3.62. The lowest BCUT2D eigenvalue weighted by Crippen LogP contribution is -2.48. The van der Waals surface area contributed by atoms with Crippen LogP contribution in [0.25, 0.3) is 0 Å². The lowest BCUT2D eigenvalue weighted by atomic mass is 9.92. The number of amides is 1. The zero-order chi connectivity index (χ0) is 15.9. The van der Waals surface area contributed by atoms with E-state index in [0.29, 0.717) is 30.5 Å². The molecule has 5 nitrogen and oxygen atoms in total. The van der Waals surface area contributed by atoms with E-state index in [1.54, 1.807) is 12.1 Å². The summed E-state index contributed by atoms with van der Waals surface area (Å²) in [6.07, 6.45) is 1.48. The Hall–Kier alpha value is -1.01. The number of carbonyl (C=O) groups excluding carboxylic acids is 1. The fraction of sp³-hybridized carbons (Fsp3) is 0.562. The Labute approximate surface area is 148 Å². The number of rotatable bonds is 6. The van der Waals surface area contributed by atoms with Gasteiger partial charge in [-0.15, -0.1) is 12.4 Å². The third-order valence-electron chi connectivity index (χ3n) is 3.81. The van der Waals surface area contributed by atoms with E-state index in [1.165, 1.54) is 0 Å². The maximum atomic E-state index is 12.1. The molecule has 3 N–H and O–H groups in total. The van der Waals surface area contributed by atoms with Crippen LogP contribution in [0.4, 0.5) is 0 Å². The maximum absolute atomic E-state index is 12.1. The minimum absolute atomic E-state index is 0. The molecule has 0 saturated carbocycles. The molecule has 1 fully saturated rings. The molecule has 1 aromatic carbocycles. The molecule has 1 aliphatic rings. The van der Waals surface area contributed by atoms with Gasteiger partial charge in [-0.05, 0) is 37.8 Å². The molecule has 23 heavy (non-hydrogen) atoms. The van der Waals surface area contributed by atoms with Crippen molar-refractivity contribution >= 4 is 29.9 Å². The van der Waals surface area contributed by atoms with Gasteiger partial charge in [0, 0.05) is 13.2 Å². The summed E-state index contributed by atoms with van der Waals surface area (Å²) in [5, 5.41) is 3.40. The molecule has 0 spiro atoms. The van der Waals surface area contributed by atoms with Gasteiger partial charge < -0.3 is 20.5 Å². The number of halogens is 2. The molecular formula is C16H24Cl2N2O3. The molecule has 2 atom stereocenters. The van der Waals surface area contributed by atoms with Gasteiger partial charge in [0.1, 0.15) is 11.9 Å². The van der Waals surface area contributed by atoms with Gasteiger partial charge in [0.25, 0.3) is 0 Å². The van der Waals surface area contributed by atoms with Gasteiger partial charge in [-0.25, -0.2) is 0 Å². The highest BCUT2D eigenvalue weighted by Crippen LogP contribution is 2.24. The molecule has 0 radical (unpaired) electrons. The summed E-state index contributed by atoms with van der Waals surface area (Å²) in [6, 6.07) is 6.77. The second-order valence-electron chi connectivity index (χ2n) is 5.58. The Balaban J connectivity index is 0.00000264. The van der Waals surface area contributed by atoms with Crippen LogP contribution in [-0.4, -0.2) is 37.8 Å². The van der Waals surface area contributed by atoms with Crippen LogP contribution < -0.4 is 15.8 Å². The fourth-order valence-corrected chi connectivity index (χ4v) is 2.63. The topological polar surface area (TPSA) is 73.6 Å². The SMILES string of the molecule is CC(CNC(=O)C(N)C1CCOCC1)Oc1ccccc1Cl.Cl. The molecular weight excluding hydrogens is 339 g/mol. The number of hydrogen-bond donors (Lipinski definition) is 2. The van der Waals surface area contributed by atoms with Crippen LogP contribution in [0, 0.1) is 5.92 Å². The van der Waals surface area contributed by atoms with Crippen molar-refractivity contribution < 1.29 is 14.3 Å². The van der Waals surface area contributed by atoms with Crippen LogP contribution in [-0.2, 0) is 9.53 Å². The largest absolute Gasteiger partial charge is 0.487 e. The highest BCUT2D eigenvalue weighted by molar-refractivity contribution is 6.32. The Bertz CT molecular complexity index is 496. The number of hydrogen-bond acceptors (Lipinski definition) is 4. The van der Waals surface area contributed by atoms with Crippen molar-refractivity contribution in [2.75, 3.05) is 19.8 Å². The van der Waals surface area contributed by atoms with Gasteiger partial charge in [-0.1, -0.05) is 23.7 Å². The van der Waals surface area contributed by atoms with Crippen molar-refractivity contribution in [2.45, 2.75) is 31.9 Å². The summed E-state index contributed by atoms with van der Waals surface area (Å²) in [5.41, 5.74) is 6.03. The van der Waals surface area contributed by atoms with Crippen LogP contribution in [0.2, 0.25) is 5.02 Å². The van der Waals surface area contributed by atoms with Gasteiger partial charge in [0.15, 0.2) is 0 Å². The van der Waals surface area contributed by atoms with Crippen LogP contribution >= 0.6 is 24.0 Å². The average Bonchev–Trinajstić information content (AvgIpc) is 2.55. The highest BCUT2D eigenvalue weighted by atomic mass is 35.5. The van der Waals surface area contributed by atoms with E-state index in [1.807, 2.05) is 19.1 Å². The minimum Gasteiger partial charge on any atom is -0.487 e. The third kappa shape index (κ3) is 6.18. The Morgan fingerprint density at radius 1 is 1.43 bits per heavy atom. The maximum Gasteiger partial charge on any atom is 0.237 e. The van der Waals surface area contributed by atoms with Crippen molar-refractivity contribution in [1.29, 1.82) is 0 Å². The Morgan fingerprint density at radius 2 is 2.09 bits per heavy atom. The van der Waals surface area contributed by atoms with Crippen molar-refractivity contribution in [3.63, 3.8) is 0 Å². The quantitative estimate of drug-likeness (QED) is 0.814. The summed E-state index contributed by atoms with van der Waals surface area (Å²) < 4.78 is 11.0.